The van der Waals surface area contributed by atoms with Crippen LogP contribution in [0.4, 0.5) is 28.8 Å². The van der Waals surface area contributed by atoms with E-state index in [9.17, 15) is 19.5 Å². The molecule has 0 spiro atoms. The lowest BCUT2D eigenvalue weighted by atomic mass is 10.1. The molecule has 34 heavy (non-hydrogen) atoms. The van der Waals surface area contributed by atoms with Crippen LogP contribution in [0.3, 0.4) is 0 Å². The fourth-order valence-corrected chi connectivity index (χ4v) is 2.83. The predicted molar refractivity (Wildman–Crippen MR) is 128 cm³/mol. The molecule has 0 aliphatic heterocycles. The number of aryl methyl sites for hydroxylation is 1. The Labute approximate surface area is 194 Å². The van der Waals surface area contributed by atoms with Crippen LogP contribution in [0.2, 0.25) is 0 Å². The smallest absolute Gasteiger partial charge is 0.289 e. The van der Waals surface area contributed by atoms with E-state index in [1.54, 1.807) is 25.1 Å². The van der Waals surface area contributed by atoms with E-state index in [0.29, 0.717) is 22.8 Å². The van der Waals surface area contributed by atoms with Crippen molar-refractivity contribution in [1.82, 2.24) is 9.97 Å². The number of hydrogen-bond donors (Lipinski definition) is 6. The number of phenolic OH excluding ortho intramolecular Hbond substituents is 1. The average Bonchev–Trinajstić information content (AvgIpc) is 2.82. The summed E-state index contributed by atoms with van der Waals surface area (Å²) >= 11 is 0. The SMILES string of the molecule is C=C(CN)C(=O)Nc1ccc(O)c(Nc2ncc(C)c(Nc3ccccc3C(=O)C(N)=O)n2)c1. The van der Waals surface area contributed by atoms with Crippen LogP contribution in [0.1, 0.15) is 15.9 Å². The molecule has 2 amide bonds. The van der Waals surface area contributed by atoms with Gasteiger partial charge in [-0.3, -0.25) is 14.4 Å². The third-order valence-electron chi connectivity index (χ3n) is 4.69. The molecule has 1 heterocycles. The van der Waals surface area contributed by atoms with Crippen LogP contribution in [0.5, 0.6) is 5.75 Å². The third kappa shape index (κ3) is 5.53. The minimum atomic E-state index is -1.08. The minimum Gasteiger partial charge on any atom is -0.506 e. The number of ketones is 1. The van der Waals surface area contributed by atoms with Crippen molar-refractivity contribution in [2.45, 2.75) is 6.92 Å². The van der Waals surface area contributed by atoms with Crippen LogP contribution < -0.4 is 27.4 Å². The van der Waals surface area contributed by atoms with Gasteiger partial charge in [0.2, 0.25) is 5.95 Å². The van der Waals surface area contributed by atoms with Gasteiger partial charge in [0.25, 0.3) is 17.6 Å². The number of Topliss-reactive ketones (excluding diaryl/α,β-unsaturated/α-hetero) is 1. The van der Waals surface area contributed by atoms with Gasteiger partial charge in [0, 0.05) is 29.6 Å². The second kappa shape index (κ2) is 10.2. The van der Waals surface area contributed by atoms with Crippen molar-refractivity contribution in [1.29, 1.82) is 0 Å². The quantitative estimate of drug-likeness (QED) is 0.0912. The Hall–Kier alpha value is -4.77. The minimum absolute atomic E-state index is 0.0101. The number of aromatic nitrogens is 2. The van der Waals surface area contributed by atoms with E-state index in [1.165, 1.54) is 30.5 Å². The van der Waals surface area contributed by atoms with Crippen LogP contribution in [-0.4, -0.2) is 39.2 Å². The molecule has 0 unspecified atom stereocenters. The lowest BCUT2D eigenvalue weighted by Gasteiger charge is -2.14. The van der Waals surface area contributed by atoms with Crippen molar-refractivity contribution < 1.29 is 19.5 Å². The number of amides is 2. The van der Waals surface area contributed by atoms with Crippen LogP contribution >= 0.6 is 0 Å². The number of nitrogens with two attached hydrogens (primary N) is 2. The van der Waals surface area contributed by atoms with Gasteiger partial charge in [0.15, 0.2) is 0 Å². The van der Waals surface area contributed by atoms with E-state index < -0.39 is 17.6 Å². The molecule has 0 atom stereocenters. The van der Waals surface area contributed by atoms with Gasteiger partial charge in [-0.05, 0) is 37.3 Å². The molecule has 2 aromatic carbocycles. The van der Waals surface area contributed by atoms with E-state index in [-0.39, 0.29) is 35.1 Å². The molecular weight excluding hydrogens is 438 g/mol. The standard InChI is InChI=1S/C23H23N7O4/c1-12(10-24)22(34)27-14-7-8-18(31)17(9-14)29-23-26-11-13(2)21(30-23)28-16-6-4-3-5-15(16)19(32)20(25)33/h3-9,11,31H,1,10,24H2,2H3,(H2,25,33)(H,27,34)(H2,26,28,29,30). The highest BCUT2D eigenvalue weighted by atomic mass is 16.3. The van der Waals surface area contributed by atoms with Crippen molar-refractivity contribution >= 4 is 46.4 Å². The Morgan fingerprint density at radius 2 is 1.82 bits per heavy atom. The first-order valence-electron chi connectivity index (χ1n) is 10.0. The maximum Gasteiger partial charge on any atom is 0.289 e. The summed E-state index contributed by atoms with van der Waals surface area (Å²) in [6.07, 6.45) is 1.53. The monoisotopic (exact) mass is 461 g/mol. The summed E-state index contributed by atoms with van der Waals surface area (Å²) < 4.78 is 0. The summed E-state index contributed by atoms with van der Waals surface area (Å²) in [5.74, 6) is -1.99. The topological polar surface area (TPSA) is 185 Å². The maximum atomic E-state index is 12.1. The Bertz CT molecular complexity index is 1290. The second-order valence-corrected chi connectivity index (χ2v) is 7.21. The zero-order chi connectivity index (χ0) is 24.8. The van der Waals surface area contributed by atoms with Gasteiger partial charge in [-0.15, -0.1) is 0 Å². The zero-order valence-electron chi connectivity index (χ0n) is 18.3. The molecule has 11 heteroatoms. The summed E-state index contributed by atoms with van der Waals surface area (Å²) in [5, 5.41) is 18.8. The van der Waals surface area contributed by atoms with E-state index in [4.69, 9.17) is 11.5 Å². The van der Waals surface area contributed by atoms with Gasteiger partial charge >= 0.3 is 0 Å². The second-order valence-electron chi connectivity index (χ2n) is 7.21. The Morgan fingerprint density at radius 3 is 2.53 bits per heavy atom. The molecule has 174 valence electrons. The van der Waals surface area contributed by atoms with Crippen LogP contribution in [0.15, 0.2) is 60.8 Å². The zero-order valence-corrected chi connectivity index (χ0v) is 18.3. The van der Waals surface area contributed by atoms with Crippen molar-refractivity contribution in [3.63, 3.8) is 0 Å². The van der Waals surface area contributed by atoms with Gasteiger partial charge in [-0.25, -0.2) is 4.98 Å². The predicted octanol–water partition coefficient (Wildman–Crippen LogP) is 2.10. The Morgan fingerprint density at radius 1 is 1.09 bits per heavy atom. The highest BCUT2D eigenvalue weighted by molar-refractivity contribution is 6.43. The molecule has 3 rings (SSSR count). The Kier molecular flexibility index (Phi) is 7.19. The average molecular weight is 461 g/mol. The van der Waals surface area contributed by atoms with Gasteiger partial charge < -0.3 is 32.5 Å². The molecule has 0 saturated heterocycles. The number of carbonyl (C=O) groups excluding carboxylic acids is 3. The lowest BCUT2D eigenvalue weighted by Crippen LogP contribution is -2.23. The number of nitrogens with one attached hydrogen (secondary N) is 3. The molecule has 0 aliphatic carbocycles. The third-order valence-corrected chi connectivity index (χ3v) is 4.69. The number of anilines is 5. The Balaban J connectivity index is 1.86. The number of phenols is 1. The highest BCUT2D eigenvalue weighted by Gasteiger charge is 2.17. The molecule has 0 fully saturated rings. The number of primary amides is 1. The largest absolute Gasteiger partial charge is 0.506 e. The van der Waals surface area contributed by atoms with Crippen LogP contribution in [-0.2, 0) is 9.59 Å². The molecule has 8 N–H and O–H groups in total. The number of para-hydroxylation sites is 1. The molecule has 11 nitrogen and oxygen atoms in total. The molecule has 0 radical (unpaired) electrons. The first-order valence-corrected chi connectivity index (χ1v) is 10.0. The number of aromatic hydroxyl groups is 1. The van der Waals surface area contributed by atoms with Crippen LogP contribution in [0, 0.1) is 6.92 Å². The fourth-order valence-electron chi connectivity index (χ4n) is 2.83. The molecule has 3 aromatic rings. The van der Waals surface area contributed by atoms with Gasteiger partial charge in [-0.2, -0.15) is 4.98 Å². The highest BCUT2D eigenvalue weighted by Crippen LogP contribution is 2.30. The van der Waals surface area contributed by atoms with E-state index in [1.807, 2.05) is 0 Å². The maximum absolute atomic E-state index is 12.1. The molecule has 0 bridgehead atoms. The number of carbonyl (C=O) groups is 3. The lowest BCUT2D eigenvalue weighted by molar-refractivity contribution is -0.114. The van der Waals surface area contributed by atoms with Gasteiger partial charge in [0.1, 0.15) is 11.6 Å². The summed E-state index contributed by atoms with van der Waals surface area (Å²) in [5.41, 5.74) is 12.5. The van der Waals surface area contributed by atoms with E-state index in [0.717, 1.165) is 0 Å². The number of benzene rings is 2. The van der Waals surface area contributed by atoms with E-state index >= 15 is 0 Å². The summed E-state index contributed by atoms with van der Waals surface area (Å²) in [7, 11) is 0. The van der Waals surface area contributed by atoms with Gasteiger partial charge in [0.05, 0.1) is 16.9 Å². The van der Waals surface area contributed by atoms with Crippen molar-refractivity contribution in [3.8, 4) is 5.75 Å². The first kappa shape index (κ1) is 23.9. The molecule has 1 aromatic heterocycles. The molecule has 0 saturated carbocycles. The molecule has 0 aliphatic rings. The summed E-state index contributed by atoms with van der Waals surface area (Å²) in [6, 6.07) is 10.8. The number of hydrogen-bond acceptors (Lipinski definition) is 9. The number of nitrogens with zero attached hydrogens (tertiary/aromatic N) is 2. The van der Waals surface area contributed by atoms with Crippen molar-refractivity contribution in [3.05, 3.63) is 71.9 Å². The van der Waals surface area contributed by atoms with E-state index in [2.05, 4.69) is 32.5 Å². The fraction of sp³-hybridized carbons (Fsp3) is 0.0870. The van der Waals surface area contributed by atoms with Crippen molar-refractivity contribution in [2.24, 2.45) is 11.5 Å². The normalized spacial score (nSPS) is 10.3. The molecular formula is C23H23N7O4. The van der Waals surface area contributed by atoms with Crippen molar-refractivity contribution in [2.75, 3.05) is 22.5 Å². The van der Waals surface area contributed by atoms with Crippen LogP contribution in [0.25, 0.3) is 0 Å². The van der Waals surface area contributed by atoms with Gasteiger partial charge in [-0.1, -0.05) is 18.7 Å². The summed E-state index contributed by atoms with van der Waals surface area (Å²) in [4.78, 5) is 44.1. The summed E-state index contributed by atoms with van der Waals surface area (Å²) in [6.45, 7) is 5.34. The number of rotatable bonds is 9. The first-order chi connectivity index (χ1) is 16.2.